The monoisotopic (exact) mass is 270 g/mol. The van der Waals surface area contributed by atoms with E-state index >= 15 is 0 Å². The molecule has 0 aliphatic carbocycles. The number of hydrogen-bond donors (Lipinski definition) is 2. The Labute approximate surface area is 119 Å². The Morgan fingerprint density at radius 3 is 2.00 bits per heavy atom. The summed E-state index contributed by atoms with van der Waals surface area (Å²) in [5.41, 5.74) is 5.21. The van der Waals surface area contributed by atoms with Crippen LogP contribution in [0.4, 0.5) is 0 Å². The summed E-state index contributed by atoms with van der Waals surface area (Å²) < 4.78 is 0. The minimum Gasteiger partial charge on any atom is -0.368 e. The molecule has 19 heavy (non-hydrogen) atoms. The summed E-state index contributed by atoms with van der Waals surface area (Å²) in [6, 6.07) is 0. The van der Waals surface area contributed by atoms with Gasteiger partial charge in [-0.1, -0.05) is 60.3 Å². The maximum absolute atomic E-state index is 12.0. The minimum atomic E-state index is -0.523. The van der Waals surface area contributed by atoms with Crippen LogP contribution < -0.4 is 11.1 Å². The average Bonchev–Trinajstić information content (AvgIpc) is 2.41. The van der Waals surface area contributed by atoms with Gasteiger partial charge in [0.2, 0.25) is 5.91 Å². The summed E-state index contributed by atoms with van der Waals surface area (Å²) in [6.45, 7) is 11.7. The Morgan fingerprint density at radius 2 is 1.68 bits per heavy atom. The van der Waals surface area contributed by atoms with Gasteiger partial charge in [0.1, 0.15) is 5.54 Å². The van der Waals surface area contributed by atoms with Crippen LogP contribution in [-0.2, 0) is 4.79 Å². The molecule has 114 valence electrons. The SMILES string of the molecule is CCCC(CC)CNC(CC)(C(N)=O)C(CC)CC. The Kier molecular flexibility index (Phi) is 9.07. The van der Waals surface area contributed by atoms with Crippen molar-refractivity contribution in [2.45, 2.75) is 78.7 Å². The third-order valence-electron chi connectivity index (χ3n) is 4.66. The van der Waals surface area contributed by atoms with Crippen LogP contribution in [0.2, 0.25) is 0 Å². The van der Waals surface area contributed by atoms with Crippen LogP contribution in [0.3, 0.4) is 0 Å². The van der Waals surface area contributed by atoms with E-state index in [-0.39, 0.29) is 5.91 Å². The number of primary amides is 1. The van der Waals surface area contributed by atoms with Gasteiger partial charge in [-0.05, 0) is 31.2 Å². The zero-order valence-corrected chi connectivity index (χ0v) is 13.6. The molecule has 3 heteroatoms. The van der Waals surface area contributed by atoms with Crippen molar-refractivity contribution in [2.75, 3.05) is 6.54 Å². The van der Waals surface area contributed by atoms with Gasteiger partial charge in [0.25, 0.3) is 0 Å². The second-order valence-corrected chi connectivity index (χ2v) is 5.65. The largest absolute Gasteiger partial charge is 0.368 e. The quantitative estimate of drug-likeness (QED) is 0.604. The summed E-state index contributed by atoms with van der Waals surface area (Å²) in [5.74, 6) is 0.786. The summed E-state index contributed by atoms with van der Waals surface area (Å²) in [7, 11) is 0. The van der Waals surface area contributed by atoms with Crippen LogP contribution in [0, 0.1) is 11.8 Å². The lowest BCUT2D eigenvalue weighted by atomic mass is 9.77. The van der Waals surface area contributed by atoms with Gasteiger partial charge < -0.3 is 11.1 Å². The molecule has 0 heterocycles. The second-order valence-electron chi connectivity index (χ2n) is 5.65. The van der Waals surface area contributed by atoms with Crippen molar-refractivity contribution in [3.05, 3.63) is 0 Å². The fraction of sp³-hybridized carbons (Fsp3) is 0.938. The van der Waals surface area contributed by atoms with E-state index in [1.165, 1.54) is 12.8 Å². The summed E-state index contributed by atoms with van der Waals surface area (Å²) in [4.78, 5) is 12.0. The lowest BCUT2D eigenvalue weighted by Gasteiger charge is -2.39. The van der Waals surface area contributed by atoms with Gasteiger partial charge in [-0.15, -0.1) is 0 Å². The molecule has 0 saturated heterocycles. The zero-order chi connectivity index (χ0) is 14.9. The van der Waals surface area contributed by atoms with Crippen LogP contribution in [-0.4, -0.2) is 18.0 Å². The van der Waals surface area contributed by atoms with Crippen LogP contribution in [0.15, 0.2) is 0 Å². The van der Waals surface area contributed by atoms with Crippen molar-refractivity contribution in [1.82, 2.24) is 5.32 Å². The van der Waals surface area contributed by atoms with E-state index in [0.29, 0.717) is 11.8 Å². The molecule has 0 spiro atoms. The maximum atomic E-state index is 12.0. The smallest absolute Gasteiger partial charge is 0.238 e. The second kappa shape index (κ2) is 9.35. The summed E-state index contributed by atoms with van der Waals surface area (Å²) in [6.07, 6.45) is 6.32. The molecule has 0 aromatic carbocycles. The fourth-order valence-corrected chi connectivity index (χ4v) is 3.19. The molecule has 0 aromatic rings. The van der Waals surface area contributed by atoms with Gasteiger partial charge in [-0.25, -0.2) is 0 Å². The topological polar surface area (TPSA) is 55.1 Å². The van der Waals surface area contributed by atoms with Gasteiger partial charge in [0.15, 0.2) is 0 Å². The van der Waals surface area contributed by atoms with Crippen LogP contribution in [0.5, 0.6) is 0 Å². The highest BCUT2D eigenvalue weighted by Gasteiger charge is 2.40. The molecule has 2 unspecified atom stereocenters. The third-order valence-corrected chi connectivity index (χ3v) is 4.66. The first-order valence-electron chi connectivity index (χ1n) is 8.07. The van der Waals surface area contributed by atoms with Crippen LogP contribution in [0.1, 0.15) is 73.1 Å². The van der Waals surface area contributed by atoms with Crippen molar-refractivity contribution in [1.29, 1.82) is 0 Å². The first-order chi connectivity index (χ1) is 9.02. The highest BCUT2D eigenvalue weighted by Crippen LogP contribution is 2.28. The number of amides is 1. The van der Waals surface area contributed by atoms with Gasteiger partial charge >= 0.3 is 0 Å². The molecule has 0 aliphatic heterocycles. The van der Waals surface area contributed by atoms with Crippen molar-refractivity contribution in [3.8, 4) is 0 Å². The van der Waals surface area contributed by atoms with Gasteiger partial charge in [0.05, 0.1) is 0 Å². The summed E-state index contributed by atoms with van der Waals surface area (Å²) >= 11 is 0. The van der Waals surface area contributed by atoms with E-state index < -0.39 is 5.54 Å². The average molecular weight is 270 g/mol. The molecular weight excluding hydrogens is 236 g/mol. The number of hydrogen-bond acceptors (Lipinski definition) is 2. The zero-order valence-electron chi connectivity index (χ0n) is 13.6. The number of nitrogens with two attached hydrogens (primary N) is 1. The van der Waals surface area contributed by atoms with E-state index in [1.54, 1.807) is 0 Å². The van der Waals surface area contributed by atoms with Crippen molar-refractivity contribution in [2.24, 2.45) is 17.6 Å². The molecule has 0 radical (unpaired) electrons. The predicted molar refractivity (Wildman–Crippen MR) is 83.0 cm³/mol. The first-order valence-corrected chi connectivity index (χ1v) is 8.07. The Hall–Kier alpha value is -0.570. The number of rotatable bonds is 11. The molecular formula is C16H34N2O. The molecule has 2 atom stereocenters. The molecule has 3 nitrogen and oxygen atoms in total. The highest BCUT2D eigenvalue weighted by atomic mass is 16.1. The fourth-order valence-electron chi connectivity index (χ4n) is 3.19. The Bertz CT molecular complexity index is 251. The number of nitrogens with one attached hydrogen (secondary N) is 1. The summed E-state index contributed by atoms with van der Waals surface area (Å²) in [5, 5.41) is 3.55. The van der Waals surface area contributed by atoms with Crippen molar-refractivity contribution >= 4 is 5.91 Å². The minimum absolute atomic E-state index is 0.185. The van der Waals surface area contributed by atoms with Gasteiger partial charge in [0, 0.05) is 0 Å². The van der Waals surface area contributed by atoms with Crippen molar-refractivity contribution < 1.29 is 4.79 Å². The van der Waals surface area contributed by atoms with E-state index in [0.717, 1.165) is 32.2 Å². The van der Waals surface area contributed by atoms with Crippen LogP contribution in [0.25, 0.3) is 0 Å². The van der Waals surface area contributed by atoms with E-state index in [9.17, 15) is 4.79 Å². The van der Waals surface area contributed by atoms with E-state index in [4.69, 9.17) is 5.73 Å². The van der Waals surface area contributed by atoms with Gasteiger partial charge in [-0.3, -0.25) is 4.79 Å². The van der Waals surface area contributed by atoms with E-state index in [2.05, 4.69) is 39.9 Å². The Balaban J connectivity index is 4.90. The van der Waals surface area contributed by atoms with Gasteiger partial charge in [-0.2, -0.15) is 0 Å². The maximum Gasteiger partial charge on any atom is 0.238 e. The molecule has 1 amide bonds. The lowest BCUT2D eigenvalue weighted by Crippen LogP contribution is -2.60. The molecule has 0 bridgehead atoms. The standard InChI is InChI=1S/C16H34N2O/c1-6-11-13(7-2)12-18-16(10-5,15(17)19)14(8-3)9-4/h13-14,18H,6-12H2,1-5H3,(H2,17,19). The highest BCUT2D eigenvalue weighted by molar-refractivity contribution is 5.85. The first kappa shape index (κ1) is 18.4. The number of carbonyl (C=O) groups is 1. The predicted octanol–water partition coefficient (Wildman–Crippen LogP) is 3.47. The van der Waals surface area contributed by atoms with E-state index in [1.807, 2.05) is 0 Å². The Morgan fingerprint density at radius 1 is 1.11 bits per heavy atom. The molecule has 0 saturated carbocycles. The lowest BCUT2D eigenvalue weighted by molar-refractivity contribution is -0.127. The molecule has 3 N–H and O–H groups in total. The van der Waals surface area contributed by atoms with Crippen molar-refractivity contribution in [3.63, 3.8) is 0 Å². The molecule has 0 fully saturated rings. The molecule has 0 rings (SSSR count). The normalized spacial score (nSPS) is 16.3. The molecule has 0 aliphatic rings. The molecule has 0 aromatic heterocycles. The number of carbonyl (C=O) groups excluding carboxylic acids is 1. The third kappa shape index (κ3) is 4.79. The van der Waals surface area contributed by atoms with Crippen LogP contribution >= 0.6 is 0 Å².